The van der Waals surface area contributed by atoms with Crippen molar-refractivity contribution in [3.05, 3.63) is 36.2 Å². The van der Waals surface area contributed by atoms with Gasteiger partial charge in [-0.25, -0.2) is 9.67 Å². The maximum Gasteiger partial charge on any atom is 0.231 e. The van der Waals surface area contributed by atoms with E-state index in [2.05, 4.69) is 11.4 Å². The summed E-state index contributed by atoms with van der Waals surface area (Å²) in [5.74, 6) is 1.76. The Morgan fingerprint density at radius 2 is 1.97 bits per heavy atom. The average Bonchev–Trinajstić information content (AvgIpc) is 3.54. The Morgan fingerprint density at radius 1 is 1.24 bits per heavy atom. The molecular weight excluding hydrogens is 382 g/mol. The molecule has 0 unspecified atom stereocenters. The van der Waals surface area contributed by atoms with E-state index in [1.165, 1.54) is 31.0 Å². The molecule has 1 N–H and O–H groups in total. The largest absolute Gasteiger partial charge is 0.337 e. The molecular formula is C22H27N5OS. The van der Waals surface area contributed by atoms with Crippen LogP contribution in [0.2, 0.25) is 0 Å². The lowest BCUT2D eigenvalue weighted by Gasteiger charge is -2.22. The van der Waals surface area contributed by atoms with Crippen molar-refractivity contribution in [2.45, 2.75) is 68.5 Å². The number of benzene rings is 1. The number of nitrogens with one attached hydrogen (secondary N) is 1. The lowest BCUT2D eigenvalue weighted by Crippen LogP contribution is -2.47. The Labute approximate surface area is 176 Å². The number of carbonyl (C=O) groups is 1. The summed E-state index contributed by atoms with van der Waals surface area (Å²) < 4.78 is 1.94. The highest BCUT2D eigenvalue weighted by Crippen LogP contribution is 2.39. The predicted molar refractivity (Wildman–Crippen MR) is 113 cm³/mol. The van der Waals surface area contributed by atoms with E-state index < -0.39 is 5.54 Å². The first-order valence-corrected chi connectivity index (χ1v) is 11.4. The summed E-state index contributed by atoms with van der Waals surface area (Å²) in [6, 6.07) is 12.3. The Kier molecular flexibility index (Phi) is 5.91. The third-order valence-corrected chi connectivity index (χ3v) is 6.78. The van der Waals surface area contributed by atoms with Crippen LogP contribution in [-0.2, 0) is 4.79 Å². The van der Waals surface area contributed by atoms with Crippen molar-refractivity contribution in [1.82, 2.24) is 20.1 Å². The number of nitrogens with zero attached hydrogens (tertiary/aromatic N) is 4. The molecule has 0 saturated heterocycles. The molecule has 2 aliphatic rings. The zero-order valence-electron chi connectivity index (χ0n) is 16.8. The molecule has 0 aliphatic heterocycles. The molecule has 2 aliphatic carbocycles. The number of para-hydroxylation sites is 1. The summed E-state index contributed by atoms with van der Waals surface area (Å²) >= 11 is 1.34. The second kappa shape index (κ2) is 8.58. The Hall–Kier alpha value is -2.33. The van der Waals surface area contributed by atoms with Gasteiger partial charge >= 0.3 is 0 Å². The molecule has 1 amide bonds. The molecule has 152 valence electrons. The van der Waals surface area contributed by atoms with Crippen LogP contribution in [0.3, 0.4) is 0 Å². The summed E-state index contributed by atoms with van der Waals surface area (Å²) in [5.41, 5.74) is 0.240. The van der Waals surface area contributed by atoms with E-state index >= 15 is 0 Å². The van der Waals surface area contributed by atoms with Crippen molar-refractivity contribution in [3.8, 4) is 11.8 Å². The average molecular weight is 410 g/mol. The first-order valence-electron chi connectivity index (χ1n) is 10.5. The molecule has 2 saturated carbocycles. The molecule has 1 aromatic carbocycles. The van der Waals surface area contributed by atoms with E-state index in [9.17, 15) is 10.1 Å². The van der Waals surface area contributed by atoms with Gasteiger partial charge in [-0.05, 0) is 50.7 Å². The fourth-order valence-corrected chi connectivity index (χ4v) is 4.72. The molecule has 1 aromatic heterocycles. The molecule has 29 heavy (non-hydrogen) atoms. The number of carbonyl (C=O) groups excluding carboxylic acids is 1. The Balaban J connectivity index is 1.48. The van der Waals surface area contributed by atoms with Crippen molar-refractivity contribution in [2.24, 2.45) is 5.92 Å². The summed E-state index contributed by atoms with van der Waals surface area (Å²) in [5, 5.41) is 17.7. The fraction of sp³-hybridized carbons (Fsp3) is 0.545. The maximum atomic E-state index is 12.4. The van der Waals surface area contributed by atoms with Gasteiger partial charge in [-0.15, -0.1) is 5.10 Å². The van der Waals surface area contributed by atoms with Crippen molar-refractivity contribution in [2.75, 3.05) is 5.75 Å². The van der Waals surface area contributed by atoms with E-state index in [1.54, 1.807) is 0 Å². The minimum Gasteiger partial charge on any atom is -0.337 e. The van der Waals surface area contributed by atoms with Gasteiger partial charge in [-0.3, -0.25) is 4.79 Å². The molecule has 6 nitrogen and oxygen atoms in total. The number of nitriles is 1. The van der Waals surface area contributed by atoms with Gasteiger partial charge in [-0.1, -0.05) is 49.2 Å². The first kappa shape index (κ1) is 20.0. The van der Waals surface area contributed by atoms with E-state index in [0.29, 0.717) is 11.1 Å². The van der Waals surface area contributed by atoms with Crippen LogP contribution in [0.5, 0.6) is 0 Å². The third-order valence-electron chi connectivity index (χ3n) is 5.94. The summed E-state index contributed by atoms with van der Waals surface area (Å²) in [7, 11) is 0. The molecule has 7 heteroatoms. The minimum atomic E-state index is -0.762. The van der Waals surface area contributed by atoms with Crippen LogP contribution in [-0.4, -0.2) is 32.0 Å². The maximum absolute atomic E-state index is 12.4. The first-order chi connectivity index (χ1) is 14.1. The smallest absolute Gasteiger partial charge is 0.231 e. The molecule has 0 bridgehead atoms. The highest BCUT2D eigenvalue weighted by molar-refractivity contribution is 7.99. The minimum absolute atomic E-state index is 0.138. The van der Waals surface area contributed by atoms with Crippen LogP contribution in [0.4, 0.5) is 0 Å². The summed E-state index contributed by atoms with van der Waals surface area (Å²) in [6.07, 6.45) is 8.03. The number of rotatable bonds is 7. The van der Waals surface area contributed by atoms with E-state index in [1.807, 2.05) is 41.9 Å². The summed E-state index contributed by atoms with van der Waals surface area (Å²) in [4.78, 5) is 17.3. The normalized spacial score (nSPS) is 19.3. The van der Waals surface area contributed by atoms with Crippen LogP contribution < -0.4 is 5.32 Å². The van der Waals surface area contributed by atoms with Crippen LogP contribution >= 0.6 is 11.8 Å². The van der Waals surface area contributed by atoms with Crippen LogP contribution in [0.1, 0.15) is 63.6 Å². The number of hydrogen-bond acceptors (Lipinski definition) is 5. The monoisotopic (exact) mass is 409 g/mol. The standard InChI is InChI=1S/C22H27N5OS/c1-22(15-23,17-12-13-17)25-19(28)14-29-21-24-20(16-8-4-2-5-9-16)27(26-21)18-10-6-3-7-11-18/h3,6-7,10-11,16-17H,2,4-5,8-9,12-14H2,1H3,(H,25,28)/t22-/m1/s1. The van der Waals surface area contributed by atoms with Gasteiger partial charge in [0.1, 0.15) is 11.4 Å². The summed E-state index contributed by atoms with van der Waals surface area (Å²) in [6.45, 7) is 1.82. The number of amides is 1. The molecule has 2 fully saturated rings. The van der Waals surface area contributed by atoms with Gasteiger partial charge in [0.05, 0.1) is 17.5 Å². The second-order valence-corrected chi connectivity index (χ2v) is 9.20. The molecule has 4 rings (SSSR count). The van der Waals surface area contributed by atoms with Gasteiger partial charge in [-0.2, -0.15) is 5.26 Å². The zero-order valence-corrected chi connectivity index (χ0v) is 17.6. The fourth-order valence-electron chi connectivity index (χ4n) is 4.09. The van der Waals surface area contributed by atoms with E-state index in [-0.39, 0.29) is 17.6 Å². The lowest BCUT2D eigenvalue weighted by molar-refractivity contribution is -0.119. The van der Waals surface area contributed by atoms with E-state index in [0.717, 1.165) is 37.2 Å². The molecule has 1 heterocycles. The van der Waals surface area contributed by atoms with Gasteiger partial charge < -0.3 is 5.32 Å². The SMILES string of the molecule is C[C@](C#N)(NC(=O)CSc1nc(C2CCCCC2)n(-c2ccccc2)n1)C1CC1. The van der Waals surface area contributed by atoms with Crippen LogP contribution in [0.15, 0.2) is 35.5 Å². The number of hydrogen-bond donors (Lipinski definition) is 1. The highest BCUT2D eigenvalue weighted by Gasteiger charge is 2.43. The topological polar surface area (TPSA) is 83.6 Å². The number of aromatic nitrogens is 3. The van der Waals surface area contributed by atoms with Gasteiger partial charge in [0.15, 0.2) is 0 Å². The van der Waals surface area contributed by atoms with Crippen LogP contribution in [0, 0.1) is 17.2 Å². The van der Waals surface area contributed by atoms with Gasteiger partial charge in [0.2, 0.25) is 11.1 Å². The van der Waals surface area contributed by atoms with Gasteiger partial charge in [0.25, 0.3) is 0 Å². The molecule has 2 aromatic rings. The third kappa shape index (κ3) is 4.64. The quantitative estimate of drug-likeness (QED) is 0.692. The Morgan fingerprint density at radius 3 is 2.62 bits per heavy atom. The van der Waals surface area contributed by atoms with Crippen LogP contribution in [0.25, 0.3) is 5.69 Å². The van der Waals surface area contributed by atoms with Crippen molar-refractivity contribution >= 4 is 17.7 Å². The van der Waals surface area contributed by atoms with E-state index in [4.69, 9.17) is 10.1 Å². The Bertz CT molecular complexity index is 896. The highest BCUT2D eigenvalue weighted by atomic mass is 32.2. The number of thioether (sulfide) groups is 1. The zero-order chi connectivity index (χ0) is 20.3. The molecule has 1 atom stereocenters. The van der Waals surface area contributed by atoms with Crippen molar-refractivity contribution in [3.63, 3.8) is 0 Å². The lowest BCUT2D eigenvalue weighted by atomic mass is 9.88. The predicted octanol–water partition coefficient (Wildman–Crippen LogP) is 4.22. The second-order valence-electron chi connectivity index (χ2n) is 8.26. The molecule has 0 spiro atoms. The molecule has 0 radical (unpaired) electrons. The van der Waals surface area contributed by atoms with Crippen molar-refractivity contribution < 1.29 is 4.79 Å². The van der Waals surface area contributed by atoms with Crippen molar-refractivity contribution in [1.29, 1.82) is 5.26 Å². The van der Waals surface area contributed by atoms with Gasteiger partial charge in [0, 0.05) is 5.92 Å².